The Labute approximate surface area is 155 Å². The third-order valence-corrected chi connectivity index (χ3v) is 11.2. The summed E-state index contributed by atoms with van der Waals surface area (Å²) in [4.78, 5) is 15.5. The van der Waals surface area contributed by atoms with Gasteiger partial charge in [0.05, 0.1) is 18.5 Å². The molecule has 25 heavy (non-hydrogen) atoms. The summed E-state index contributed by atoms with van der Waals surface area (Å²) in [6.45, 7) is 7.79. The highest BCUT2D eigenvalue weighted by atomic mass is 31.2. The van der Waals surface area contributed by atoms with Gasteiger partial charge in [-0.25, -0.2) is 0 Å². The molecule has 2 nitrogen and oxygen atoms in total. The average molecular weight is 363 g/mol. The number of carbonyl (C=O) groups is 1. The summed E-state index contributed by atoms with van der Waals surface area (Å²) in [6.07, 6.45) is 12.8. The van der Waals surface area contributed by atoms with Crippen LogP contribution in [0.1, 0.15) is 65.7 Å². The van der Waals surface area contributed by atoms with E-state index in [0.29, 0.717) is 11.6 Å². The molecule has 0 spiro atoms. The molecule has 3 heteroatoms. The van der Waals surface area contributed by atoms with Crippen LogP contribution in [0.3, 0.4) is 0 Å². The number of hydrogen-bond acceptors (Lipinski definition) is 1. The fraction of sp³-hybridized carbons (Fsp3) is 0.682. The minimum absolute atomic E-state index is 0.331. The zero-order valence-electron chi connectivity index (χ0n) is 16.5. The SMILES string of the molecule is CCCC[P+](CCCC)(CCCC)C1CCN(c2ccccc2)C1=O. The summed E-state index contributed by atoms with van der Waals surface area (Å²) in [6, 6.07) is 10.3. The van der Waals surface area contributed by atoms with Crippen molar-refractivity contribution in [1.29, 1.82) is 0 Å². The Morgan fingerprint density at radius 2 is 1.44 bits per heavy atom. The van der Waals surface area contributed by atoms with Crippen LogP contribution in [0.5, 0.6) is 0 Å². The maximum atomic E-state index is 13.4. The molecule has 2 rings (SSSR count). The van der Waals surface area contributed by atoms with Crippen molar-refractivity contribution in [1.82, 2.24) is 0 Å². The number of carbonyl (C=O) groups excluding carboxylic acids is 1. The van der Waals surface area contributed by atoms with E-state index in [4.69, 9.17) is 0 Å². The van der Waals surface area contributed by atoms with Gasteiger partial charge in [0.25, 0.3) is 5.91 Å². The largest absolute Gasteiger partial charge is 0.309 e. The second-order valence-electron chi connectivity index (χ2n) is 7.58. The summed E-state index contributed by atoms with van der Waals surface area (Å²) in [5, 5.41) is 0. The van der Waals surface area contributed by atoms with E-state index in [0.717, 1.165) is 18.7 Å². The Kier molecular flexibility index (Phi) is 8.43. The monoisotopic (exact) mass is 362 g/mol. The van der Waals surface area contributed by atoms with Crippen LogP contribution in [0.25, 0.3) is 0 Å². The van der Waals surface area contributed by atoms with E-state index in [9.17, 15) is 4.79 Å². The summed E-state index contributed by atoms with van der Waals surface area (Å²) >= 11 is 0. The van der Waals surface area contributed by atoms with E-state index in [-0.39, 0.29) is 0 Å². The van der Waals surface area contributed by atoms with Gasteiger partial charge in [-0.2, -0.15) is 0 Å². The van der Waals surface area contributed by atoms with Crippen LogP contribution in [0.4, 0.5) is 5.69 Å². The first-order valence-electron chi connectivity index (χ1n) is 10.4. The quantitative estimate of drug-likeness (QED) is 0.429. The van der Waals surface area contributed by atoms with Crippen LogP contribution >= 0.6 is 7.26 Å². The predicted octanol–water partition coefficient (Wildman–Crippen LogP) is 6.21. The van der Waals surface area contributed by atoms with Crippen molar-refractivity contribution in [2.75, 3.05) is 29.9 Å². The van der Waals surface area contributed by atoms with Gasteiger partial charge < -0.3 is 4.90 Å². The topological polar surface area (TPSA) is 20.3 Å². The molecule has 0 N–H and O–H groups in total. The Morgan fingerprint density at radius 3 is 1.92 bits per heavy atom. The van der Waals surface area contributed by atoms with Crippen molar-refractivity contribution in [3.63, 3.8) is 0 Å². The molecule has 1 aromatic carbocycles. The maximum absolute atomic E-state index is 13.4. The molecule has 140 valence electrons. The number of benzene rings is 1. The zero-order chi connectivity index (χ0) is 18.1. The Bertz CT molecular complexity index is 494. The van der Waals surface area contributed by atoms with E-state index in [1.54, 1.807) is 0 Å². The van der Waals surface area contributed by atoms with E-state index in [1.807, 2.05) is 18.2 Å². The fourth-order valence-electron chi connectivity index (χ4n) is 4.26. The van der Waals surface area contributed by atoms with Gasteiger partial charge in [-0.15, -0.1) is 0 Å². The molecular weight excluding hydrogens is 325 g/mol. The van der Waals surface area contributed by atoms with E-state index < -0.39 is 7.26 Å². The summed E-state index contributed by atoms with van der Waals surface area (Å²) in [5.41, 5.74) is 1.42. The molecule has 0 bridgehead atoms. The first-order chi connectivity index (χ1) is 12.2. The third kappa shape index (κ3) is 5.07. The Hall–Kier alpha value is -0.880. The van der Waals surface area contributed by atoms with Crippen molar-refractivity contribution in [3.8, 4) is 0 Å². The van der Waals surface area contributed by atoms with Crippen LogP contribution in [0.15, 0.2) is 30.3 Å². The summed E-state index contributed by atoms with van der Waals surface area (Å²) in [5.74, 6) is 0.433. The molecule has 1 aliphatic heterocycles. The maximum Gasteiger partial charge on any atom is 0.267 e. The number of amides is 1. The molecule has 1 saturated heterocycles. The van der Waals surface area contributed by atoms with Gasteiger partial charge in [0.15, 0.2) is 0 Å². The number of unbranched alkanes of at least 4 members (excludes halogenated alkanes) is 3. The molecule has 1 aromatic rings. The summed E-state index contributed by atoms with van der Waals surface area (Å²) in [7, 11) is -1.20. The van der Waals surface area contributed by atoms with E-state index in [1.165, 1.54) is 57.0 Å². The highest BCUT2D eigenvalue weighted by Crippen LogP contribution is 2.67. The molecule has 1 fully saturated rings. The Morgan fingerprint density at radius 1 is 0.920 bits per heavy atom. The normalized spacial score (nSPS) is 18.1. The molecule has 0 aliphatic carbocycles. The predicted molar refractivity (Wildman–Crippen MR) is 113 cm³/mol. The van der Waals surface area contributed by atoms with Gasteiger partial charge in [0.2, 0.25) is 0 Å². The molecular formula is C22H37NOP+. The fourth-order valence-corrected chi connectivity index (χ4v) is 9.97. The van der Waals surface area contributed by atoms with Gasteiger partial charge in [0, 0.05) is 25.9 Å². The van der Waals surface area contributed by atoms with Crippen LogP contribution in [0, 0.1) is 0 Å². The van der Waals surface area contributed by atoms with Gasteiger partial charge in [-0.3, -0.25) is 4.79 Å². The van der Waals surface area contributed by atoms with Gasteiger partial charge in [-0.05, 0) is 31.4 Å². The van der Waals surface area contributed by atoms with Crippen LogP contribution in [-0.4, -0.2) is 36.6 Å². The van der Waals surface area contributed by atoms with Crippen LogP contribution in [0.2, 0.25) is 0 Å². The molecule has 1 heterocycles. The van der Waals surface area contributed by atoms with Crippen molar-refractivity contribution in [2.24, 2.45) is 0 Å². The second-order valence-corrected chi connectivity index (χ2v) is 12.0. The minimum Gasteiger partial charge on any atom is -0.309 e. The lowest BCUT2D eigenvalue weighted by Gasteiger charge is -2.32. The lowest BCUT2D eigenvalue weighted by molar-refractivity contribution is -0.116. The van der Waals surface area contributed by atoms with Crippen molar-refractivity contribution in [2.45, 2.75) is 71.4 Å². The second kappa shape index (κ2) is 10.3. The van der Waals surface area contributed by atoms with Crippen LogP contribution in [-0.2, 0) is 4.79 Å². The van der Waals surface area contributed by atoms with Crippen molar-refractivity contribution >= 4 is 18.9 Å². The molecule has 1 unspecified atom stereocenters. The van der Waals surface area contributed by atoms with Crippen molar-refractivity contribution < 1.29 is 4.79 Å². The first kappa shape index (κ1) is 20.4. The van der Waals surface area contributed by atoms with Crippen molar-refractivity contribution in [3.05, 3.63) is 30.3 Å². The van der Waals surface area contributed by atoms with Gasteiger partial charge in [0.1, 0.15) is 5.66 Å². The average Bonchev–Trinajstić information content (AvgIpc) is 3.04. The third-order valence-electron chi connectivity index (χ3n) is 5.78. The molecule has 1 atom stereocenters. The molecule has 1 aliphatic rings. The van der Waals surface area contributed by atoms with Gasteiger partial charge >= 0.3 is 0 Å². The standard InChI is InChI=1S/C22H37NOP/c1-4-7-17-25(18-8-5-2,19-9-6-3)21-15-16-23(22(21)24)20-13-11-10-12-14-20/h10-14,21H,4-9,15-19H2,1-3H3/q+1. The number of para-hydroxylation sites is 1. The number of rotatable bonds is 11. The molecule has 1 amide bonds. The zero-order valence-corrected chi connectivity index (χ0v) is 17.4. The van der Waals surface area contributed by atoms with E-state index >= 15 is 0 Å². The van der Waals surface area contributed by atoms with Crippen LogP contribution < -0.4 is 4.90 Å². The minimum atomic E-state index is -1.20. The Balaban J connectivity index is 2.24. The smallest absolute Gasteiger partial charge is 0.267 e. The molecule has 0 radical (unpaired) electrons. The summed E-state index contributed by atoms with van der Waals surface area (Å²) < 4.78 is 0. The number of nitrogens with zero attached hydrogens (tertiary/aromatic N) is 1. The number of anilines is 1. The van der Waals surface area contributed by atoms with E-state index in [2.05, 4.69) is 37.8 Å². The lowest BCUT2D eigenvalue weighted by atomic mass is 10.3. The van der Waals surface area contributed by atoms with Gasteiger partial charge in [-0.1, -0.05) is 58.2 Å². The molecule has 0 saturated carbocycles. The first-order valence-corrected chi connectivity index (χ1v) is 12.8. The lowest BCUT2D eigenvalue weighted by Crippen LogP contribution is -2.33. The highest BCUT2D eigenvalue weighted by molar-refractivity contribution is 7.77. The number of hydrogen-bond donors (Lipinski definition) is 0. The molecule has 0 aromatic heterocycles. The highest BCUT2D eigenvalue weighted by Gasteiger charge is 2.52.